The van der Waals surface area contributed by atoms with Crippen molar-refractivity contribution in [2.24, 2.45) is 21.7 Å². The Balaban J connectivity index is 5.90. The molecule has 0 aliphatic heterocycles. The third-order valence-electron chi connectivity index (χ3n) is 13.9. The molecule has 0 aromatic carbocycles. The van der Waals surface area contributed by atoms with E-state index >= 15 is 0 Å². The zero-order valence-electron chi connectivity index (χ0n) is 48.0. The first-order valence-electron chi connectivity index (χ1n) is 28.1. The second-order valence-corrected chi connectivity index (χ2v) is 26.1. The molecule has 0 saturated carbocycles. The van der Waals surface area contributed by atoms with Gasteiger partial charge in [0.2, 0.25) is 0 Å². The van der Waals surface area contributed by atoms with Gasteiger partial charge in [0.25, 0.3) is 0 Å². The van der Waals surface area contributed by atoms with Crippen molar-refractivity contribution in [2.75, 3.05) is 65.0 Å². The van der Waals surface area contributed by atoms with Crippen LogP contribution in [0.2, 0.25) is 0 Å². The molecule has 1 N–H and O–H groups in total. The van der Waals surface area contributed by atoms with E-state index in [1.807, 2.05) is 23.9 Å². The first-order valence-corrected chi connectivity index (χ1v) is 30.6. The summed E-state index contributed by atoms with van der Waals surface area (Å²) < 4.78 is 23.7. The molecule has 0 aromatic rings. The summed E-state index contributed by atoms with van der Waals surface area (Å²) in [5, 5.41) is 2.75. The molecule has 2 amide bonds. The predicted octanol–water partition coefficient (Wildman–Crippen LogP) is 15.9. The minimum absolute atomic E-state index is 0.0376. The third-order valence-corrected chi connectivity index (χ3v) is 16.2. The van der Waals surface area contributed by atoms with Crippen LogP contribution in [-0.2, 0) is 28.5 Å². The maximum absolute atomic E-state index is 14.2. The molecule has 0 heterocycles. The monoisotopic (exact) mass is 1030 g/mol. The van der Waals surface area contributed by atoms with E-state index in [0.717, 1.165) is 51.5 Å². The summed E-state index contributed by atoms with van der Waals surface area (Å²) in [6.45, 7) is 28.5. The van der Waals surface area contributed by atoms with Crippen LogP contribution >= 0.6 is 21.6 Å². The Bertz CT molecular complexity index is 1340. The fourth-order valence-electron chi connectivity index (χ4n) is 9.29. The number of carbonyl (C=O) groups is 4. The van der Waals surface area contributed by atoms with Crippen molar-refractivity contribution in [2.45, 2.75) is 256 Å². The summed E-state index contributed by atoms with van der Waals surface area (Å²) >= 11 is 0. The summed E-state index contributed by atoms with van der Waals surface area (Å²) in [6.07, 6.45) is 25.7. The predicted molar refractivity (Wildman–Crippen MR) is 299 cm³/mol. The highest BCUT2D eigenvalue weighted by molar-refractivity contribution is 8.76. The Kier molecular flexibility index (Phi) is 38.5. The van der Waals surface area contributed by atoms with Gasteiger partial charge in [0.05, 0.1) is 12.8 Å². The van der Waals surface area contributed by atoms with E-state index in [2.05, 4.69) is 88.4 Å². The van der Waals surface area contributed by atoms with Gasteiger partial charge in [-0.15, -0.1) is 0 Å². The highest BCUT2D eigenvalue weighted by Crippen LogP contribution is 2.44. The van der Waals surface area contributed by atoms with E-state index in [-0.39, 0.29) is 54.6 Å². The molecule has 11 nitrogen and oxygen atoms in total. The summed E-state index contributed by atoms with van der Waals surface area (Å²) in [5.74, 6) is 0.877. The number of alkyl carbamates (subject to hydrolysis) is 1. The van der Waals surface area contributed by atoms with Gasteiger partial charge in [0, 0.05) is 37.7 Å². The van der Waals surface area contributed by atoms with E-state index in [4.69, 9.17) is 18.9 Å². The molecule has 1 atom stereocenters. The molecule has 0 aliphatic carbocycles. The Hall–Kier alpha value is -1.86. The second-order valence-electron chi connectivity index (χ2n) is 23.4. The maximum atomic E-state index is 14.2. The standard InChI is InChI=1S/C57H111N3O8S2/c1-15-19-22-25-28-31-34-48(18-4)67-51(62)44-56(9,10)57(11,12)47-60(53(64)66-40-42-70-69-41-39-65-52(63)58-37-38-59(13)14)46-55(7,8)45-54(5,6)43-50(61)68-49(35-32-29-26-23-20-16-2)36-33-30-27-24-21-17-3/h48-49H,15-47H2,1-14H3,(H,58,63). The molecule has 70 heavy (non-hydrogen) atoms. The molecule has 0 saturated heterocycles. The minimum atomic E-state index is -0.506. The van der Waals surface area contributed by atoms with Crippen LogP contribution in [0.4, 0.5) is 9.59 Å². The largest absolute Gasteiger partial charge is 0.462 e. The average molecular weight is 1030 g/mol. The molecule has 0 fully saturated rings. The summed E-state index contributed by atoms with van der Waals surface area (Å²) in [5.41, 5.74) is -1.76. The van der Waals surface area contributed by atoms with E-state index in [1.165, 1.54) is 96.3 Å². The molecule has 0 spiro atoms. The number of nitrogens with zero attached hydrogens (tertiary/aromatic N) is 2. The quantitative estimate of drug-likeness (QED) is 0.0271. The molecular formula is C57H111N3O8S2. The Labute approximate surface area is 439 Å². The maximum Gasteiger partial charge on any atom is 0.409 e. The summed E-state index contributed by atoms with van der Waals surface area (Å²) in [4.78, 5) is 57.3. The fraction of sp³-hybridized carbons (Fsp3) is 0.930. The highest BCUT2D eigenvalue weighted by Gasteiger charge is 2.43. The number of carbonyl (C=O) groups excluding carboxylic acids is 4. The van der Waals surface area contributed by atoms with E-state index in [1.54, 1.807) is 21.6 Å². The van der Waals surface area contributed by atoms with Crippen LogP contribution in [0.1, 0.15) is 244 Å². The lowest BCUT2D eigenvalue weighted by Gasteiger charge is -2.46. The van der Waals surface area contributed by atoms with Crippen molar-refractivity contribution in [1.82, 2.24) is 15.1 Å². The molecular weight excluding hydrogens is 919 g/mol. The summed E-state index contributed by atoms with van der Waals surface area (Å²) in [6, 6.07) is 0. The molecule has 414 valence electrons. The average Bonchev–Trinajstić information content (AvgIpc) is 3.25. The SMILES string of the molecule is CCCCCCCCC(CC)OC(=O)CC(C)(C)C(C)(C)CN(CC(C)(C)CC(C)(C)CC(=O)OC(CCCCCCCC)CCCCCCCC)C(=O)OCCSSCCOC(=O)NCCN(C)C. The Morgan fingerprint density at radius 1 is 0.529 bits per heavy atom. The second kappa shape index (κ2) is 39.6. The zero-order chi connectivity index (χ0) is 52.9. The zero-order valence-corrected chi connectivity index (χ0v) is 49.6. The Morgan fingerprint density at radius 3 is 1.46 bits per heavy atom. The van der Waals surface area contributed by atoms with E-state index in [0.29, 0.717) is 44.0 Å². The van der Waals surface area contributed by atoms with Crippen molar-refractivity contribution in [3.05, 3.63) is 0 Å². The van der Waals surface area contributed by atoms with E-state index < -0.39 is 23.0 Å². The van der Waals surface area contributed by atoms with Crippen molar-refractivity contribution in [3.8, 4) is 0 Å². The number of hydrogen-bond acceptors (Lipinski definition) is 11. The van der Waals surface area contributed by atoms with E-state index in [9.17, 15) is 19.2 Å². The van der Waals surface area contributed by atoms with Crippen LogP contribution in [0.15, 0.2) is 0 Å². The molecule has 0 rings (SSSR count). The number of amides is 2. The molecule has 0 bridgehead atoms. The van der Waals surface area contributed by atoms with Gasteiger partial charge >= 0.3 is 24.1 Å². The highest BCUT2D eigenvalue weighted by atomic mass is 33.1. The lowest BCUT2D eigenvalue weighted by molar-refractivity contribution is -0.155. The van der Waals surface area contributed by atoms with Crippen molar-refractivity contribution >= 4 is 45.7 Å². The normalized spacial score (nSPS) is 12.9. The third kappa shape index (κ3) is 36.1. The molecule has 1 unspecified atom stereocenters. The topological polar surface area (TPSA) is 124 Å². The first kappa shape index (κ1) is 68.1. The minimum Gasteiger partial charge on any atom is -0.462 e. The number of rotatable bonds is 45. The van der Waals surface area contributed by atoms with Gasteiger partial charge in [-0.05, 0) is 87.1 Å². The van der Waals surface area contributed by atoms with Crippen LogP contribution in [0.25, 0.3) is 0 Å². The van der Waals surface area contributed by atoms with Gasteiger partial charge in [0.1, 0.15) is 25.4 Å². The molecule has 13 heteroatoms. The number of unbranched alkanes of at least 4 members (excludes halogenated alkanes) is 15. The van der Waals surface area contributed by atoms with Crippen molar-refractivity contribution in [1.29, 1.82) is 0 Å². The van der Waals surface area contributed by atoms with Crippen LogP contribution in [0, 0.1) is 21.7 Å². The number of esters is 2. The molecule has 0 aromatic heterocycles. The lowest BCUT2D eigenvalue weighted by Crippen LogP contribution is -2.49. The van der Waals surface area contributed by atoms with Gasteiger partial charge < -0.3 is 34.1 Å². The van der Waals surface area contributed by atoms with Crippen molar-refractivity contribution < 1.29 is 38.1 Å². The van der Waals surface area contributed by atoms with Crippen LogP contribution in [-0.4, -0.2) is 111 Å². The van der Waals surface area contributed by atoms with Gasteiger partial charge in [-0.2, -0.15) is 0 Å². The fourth-order valence-corrected chi connectivity index (χ4v) is 10.9. The van der Waals surface area contributed by atoms with Crippen LogP contribution in [0.5, 0.6) is 0 Å². The van der Waals surface area contributed by atoms with Crippen LogP contribution < -0.4 is 5.32 Å². The number of hydrogen-bond donors (Lipinski definition) is 1. The summed E-state index contributed by atoms with van der Waals surface area (Å²) in [7, 11) is 7.05. The molecule has 0 aliphatic rings. The van der Waals surface area contributed by atoms with Gasteiger partial charge in [-0.3, -0.25) is 9.59 Å². The van der Waals surface area contributed by atoms with Gasteiger partial charge in [0.15, 0.2) is 0 Å². The number of likely N-dealkylation sites (N-methyl/N-ethyl adjacent to an activating group) is 1. The first-order chi connectivity index (χ1) is 33.0. The van der Waals surface area contributed by atoms with Gasteiger partial charge in [-0.1, -0.05) is 201 Å². The Morgan fingerprint density at radius 2 is 0.971 bits per heavy atom. The van der Waals surface area contributed by atoms with Gasteiger partial charge in [-0.25, -0.2) is 9.59 Å². The molecule has 0 radical (unpaired) electrons. The lowest BCUT2D eigenvalue weighted by atomic mass is 9.65. The van der Waals surface area contributed by atoms with Crippen molar-refractivity contribution in [3.63, 3.8) is 0 Å². The smallest absolute Gasteiger partial charge is 0.409 e. The van der Waals surface area contributed by atoms with Crippen LogP contribution in [0.3, 0.4) is 0 Å². The number of ether oxygens (including phenoxy) is 4. The number of nitrogens with one attached hydrogen (secondary N) is 1.